The first kappa shape index (κ1) is 15.3. The fourth-order valence-electron chi connectivity index (χ4n) is 2.21. The van der Waals surface area contributed by atoms with E-state index in [9.17, 15) is 0 Å². The van der Waals surface area contributed by atoms with Gasteiger partial charge in [-0.3, -0.25) is 4.90 Å². The van der Waals surface area contributed by atoms with Crippen LogP contribution in [0.25, 0.3) is 0 Å². The van der Waals surface area contributed by atoms with E-state index in [4.69, 9.17) is 4.74 Å². The van der Waals surface area contributed by atoms with Crippen LogP contribution in [-0.2, 0) is 0 Å². The minimum absolute atomic E-state index is 0. The van der Waals surface area contributed by atoms with E-state index in [1.54, 1.807) is 0 Å². The van der Waals surface area contributed by atoms with Crippen molar-refractivity contribution in [3.8, 4) is 5.75 Å². The van der Waals surface area contributed by atoms with Gasteiger partial charge in [0.25, 0.3) is 0 Å². The molecule has 0 aromatic heterocycles. The summed E-state index contributed by atoms with van der Waals surface area (Å²) in [6.45, 7) is 9.44. The van der Waals surface area contributed by atoms with Gasteiger partial charge in [0.15, 0.2) is 0 Å². The van der Waals surface area contributed by atoms with Gasteiger partial charge in [0, 0.05) is 32.2 Å². The van der Waals surface area contributed by atoms with Crippen molar-refractivity contribution in [3.63, 3.8) is 0 Å². The Morgan fingerprint density at radius 2 is 2.28 bits per heavy atom. The van der Waals surface area contributed by atoms with Gasteiger partial charge in [0.1, 0.15) is 12.4 Å². The first-order valence-electron chi connectivity index (χ1n) is 6.39. The minimum Gasteiger partial charge on any atom is -0.492 e. The zero-order chi connectivity index (χ0) is 12.1. The molecule has 0 bridgehead atoms. The van der Waals surface area contributed by atoms with Crippen LogP contribution in [0.4, 0.5) is 0 Å². The fourth-order valence-corrected chi connectivity index (χ4v) is 2.21. The molecule has 4 heteroatoms. The maximum atomic E-state index is 5.76. The summed E-state index contributed by atoms with van der Waals surface area (Å²) < 4.78 is 5.76. The molecule has 0 radical (unpaired) electrons. The molecule has 1 unspecified atom stereocenters. The van der Waals surface area contributed by atoms with Gasteiger partial charge in [0.05, 0.1) is 0 Å². The zero-order valence-electron chi connectivity index (χ0n) is 11.2. The number of rotatable bonds is 4. The molecule has 1 N–H and O–H groups in total. The van der Waals surface area contributed by atoms with Crippen molar-refractivity contribution in [1.82, 2.24) is 10.2 Å². The number of hydrogen-bond acceptors (Lipinski definition) is 3. The molecule has 1 heterocycles. The second-order valence-corrected chi connectivity index (χ2v) is 4.82. The molecule has 3 nitrogen and oxygen atoms in total. The Balaban J connectivity index is 0.00000162. The summed E-state index contributed by atoms with van der Waals surface area (Å²) in [5.41, 5.74) is 1.25. The molecule has 102 valence electrons. The maximum Gasteiger partial charge on any atom is 0.119 e. The Morgan fingerprint density at radius 1 is 1.44 bits per heavy atom. The van der Waals surface area contributed by atoms with Crippen LogP contribution < -0.4 is 10.1 Å². The van der Waals surface area contributed by atoms with Gasteiger partial charge in [-0.15, -0.1) is 12.4 Å². The van der Waals surface area contributed by atoms with E-state index in [1.807, 2.05) is 12.1 Å². The summed E-state index contributed by atoms with van der Waals surface area (Å²) in [5, 5.41) is 3.45. The van der Waals surface area contributed by atoms with Crippen molar-refractivity contribution in [2.75, 3.05) is 32.8 Å². The molecule has 1 atom stereocenters. The van der Waals surface area contributed by atoms with Gasteiger partial charge in [-0.2, -0.15) is 0 Å². The Kier molecular flexibility index (Phi) is 6.47. The van der Waals surface area contributed by atoms with E-state index in [0.29, 0.717) is 6.04 Å². The molecule has 2 rings (SSSR count). The minimum atomic E-state index is 0. The van der Waals surface area contributed by atoms with E-state index < -0.39 is 0 Å². The second kappa shape index (κ2) is 7.62. The lowest BCUT2D eigenvalue weighted by molar-refractivity contribution is 0.170. The van der Waals surface area contributed by atoms with Crippen molar-refractivity contribution < 1.29 is 4.74 Å². The first-order valence-corrected chi connectivity index (χ1v) is 6.39. The van der Waals surface area contributed by atoms with Gasteiger partial charge < -0.3 is 10.1 Å². The standard InChI is InChI=1S/C14H22N2O.ClH/c1-12-4-3-5-14(10-12)17-9-8-16-7-6-15-13(2)11-16;/h3-5,10,13,15H,6-9,11H2,1-2H3;1H. The molecule has 0 spiro atoms. The number of benzene rings is 1. The van der Waals surface area contributed by atoms with Crippen LogP contribution in [0.5, 0.6) is 5.75 Å². The summed E-state index contributed by atoms with van der Waals surface area (Å²) in [6.07, 6.45) is 0. The zero-order valence-corrected chi connectivity index (χ0v) is 12.0. The topological polar surface area (TPSA) is 24.5 Å². The lowest BCUT2D eigenvalue weighted by Crippen LogP contribution is -2.50. The van der Waals surface area contributed by atoms with Crippen LogP contribution in [0, 0.1) is 6.92 Å². The monoisotopic (exact) mass is 270 g/mol. The van der Waals surface area contributed by atoms with Crippen molar-refractivity contribution in [2.24, 2.45) is 0 Å². The SMILES string of the molecule is Cc1cccc(OCCN2CCNC(C)C2)c1.Cl. The highest BCUT2D eigenvalue weighted by atomic mass is 35.5. The average Bonchev–Trinajstić information content (AvgIpc) is 2.29. The molecule has 18 heavy (non-hydrogen) atoms. The highest BCUT2D eigenvalue weighted by Crippen LogP contribution is 2.12. The molecule has 0 amide bonds. The fraction of sp³-hybridized carbons (Fsp3) is 0.571. The Bertz CT molecular complexity index is 359. The lowest BCUT2D eigenvalue weighted by Gasteiger charge is -2.31. The largest absolute Gasteiger partial charge is 0.492 e. The molecular weight excluding hydrogens is 248 g/mol. The summed E-state index contributed by atoms with van der Waals surface area (Å²) in [4.78, 5) is 2.46. The highest BCUT2D eigenvalue weighted by Gasteiger charge is 2.14. The molecule has 1 aliphatic heterocycles. The van der Waals surface area contributed by atoms with Crippen LogP contribution in [0.15, 0.2) is 24.3 Å². The van der Waals surface area contributed by atoms with Gasteiger partial charge >= 0.3 is 0 Å². The number of hydrogen-bond donors (Lipinski definition) is 1. The number of aryl methyl sites for hydroxylation is 1. The summed E-state index contributed by atoms with van der Waals surface area (Å²) in [6, 6.07) is 8.83. The summed E-state index contributed by atoms with van der Waals surface area (Å²) in [7, 11) is 0. The molecule has 1 aromatic carbocycles. The third-order valence-corrected chi connectivity index (χ3v) is 3.12. The number of halogens is 1. The highest BCUT2D eigenvalue weighted by molar-refractivity contribution is 5.85. The van der Waals surface area contributed by atoms with E-state index in [1.165, 1.54) is 5.56 Å². The third kappa shape index (κ3) is 4.84. The van der Waals surface area contributed by atoms with Crippen molar-refractivity contribution in [3.05, 3.63) is 29.8 Å². The molecule has 1 fully saturated rings. The number of ether oxygens (including phenoxy) is 1. The lowest BCUT2D eigenvalue weighted by atomic mass is 10.2. The molecule has 1 aliphatic rings. The second-order valence-electron chi connectivity index (χ2n) is 4.82. The number of nitrogens with one attached hydrogen (secondary N) is 1. The third-order valence-electron chi connectivity index (χ3n) is 3.12. The van der Waals surface area contributed by atoms with Crippen molar-refractivity contribution >= 4 is 12.4 Å². The van der Waals surface area contributed by atoms with Crippen molar-refractivity contribution in [1.29, 1.82) is 0 Å². The average molecular weight is 271 g/mol. The quantitative estimate of drug-likeness (QED) is 0.907. The summed E-state index contributed by atoms with van der Waals surface area (Å²) in [5.74, 6) is 0.980. The van der Waals surface area contributed by atoms with Crippen molar-refractivity contribution in [2.45, 2.75) is 19.9 Å². The van der Waals surface area contributed by atoms with Crippen LogP contribution >= 0.6 is 12.4 Å². The van der Waals surface area contributed by atoms with Gasteiger partial charge in [-0.1, -0.05) is 12.1 Å². The van der Waals surface area contributed by atoms with Gasteiger partial charge in [0.2, 0.25) is 0 Å². The Hall–Kier alpha value is -0.770. The molecule has 1 saturated heterocycles. The van der Waals surface area contributed by atoms with Crippen LogP contribution in [-0.4, -0.2) is 43.7 Å². The Labute approximate surface area is 116 Å². The normalized spacial score (nSPS) is 20.2. The van der Waals surface area contributed by atoms with E-state index in [0.717, 1.165) is 38.5 Å². The number of piperazine rings is 1. The van der Waals surface area contributed by atoms with Crippen LogP contribution in [0.3, 0.4) is 0 Å². The van der Waals surface area contributed by atoms with Crippen LogP contribution in [0.1, 0.15) is 12.5 Å². The van der Waals surface area contributed by atoms with Gasteiger partial charge in [-0.05, 0) is 31.5 Å². The maximum absolute atomic E-state index is 5.76. The van der Waals surface area contributed by atoms with Gasteiger partial charge in [-0.25, -0.2) is 0 Å². The molecular formula is C14H23ClN2O. The Morgan fingerprint density at radius 3 is 3.00 bits per heavy atom. The van der Waals surface area contributed by atoms with E-state index in [-0.39, 0.29) is 12.4 Å². The molecule has 0 saturated carbocycles. The predicted octanol–water partition coefficient (Wildman–Crippen LogP) is 2.09. The first-order chi connectivity index (χ1) is 8.24. The predicted molar refractivity (Wildman–Crippen MR) is 77.8 cm³/mol. The molecule has 0 aliphatic carbocycles. The van der Waals surface area contributed by atoms with E-state index >= 15 is 0 Å². The van der Waals surface area contributed by atoms with Crippen LogP contribution in [0.2, 0.25) is 0 Å². The molecule has 1 aromatic rings. The number of nitrogens with zero attached hydrogens (tertiary/aromatic N) is 1. The summed E-state index contributed by atoms with van der Waals surface area (Å²) >= 11 is 0. The van der Waals surface area contributed by atoms with E-state index in [2.05, 4.69) is 36.2 Å². The smallest absolute Gasteiger partial charge is 0.119 e.